The van der Waals surface area contributed by atoms with Gasteiger partial charge in [0.15, 0.2) is 17.2 Å². The van der Waals surface area contributed by atoms with E-state index in [1.807, 2.05) is 0 Å². The molecule has 0 saturated heterocycles. The van der Waals surface area contributed by atoms with Gasteiger partial charge in [0.1, 0.15) is 11.8 Å². The molecule has 0 fully saturated rings. The molecule has 0 amide bonds. The van der Waals surface area contributed by atoms with Crippen LogP contribution in [-0.4, -0.2) is 36.8 Å². The van der Waals surface area contributed by atoms with Gasteiger partial charge in [-0.2, -0.15) is 27.9 Å². The molecule has 4 rings (SSSR count). The van der Waals surface area contributed by atoms with Gasteiger partial charge >= 0.3 is 6.18 Å². The van der Waals surface area contributed by atoms with Crippen LogP contribution < -0.4 is 10.1 Å². The summed E-state index contributed by atoms with van der Waals surface area (Å²) in [6, 6.07) is 1.13. The van der Waals surface area contributed by atoms with Crippen LogP contribution in [0.5, 0.6) is 5.75 Å². The monoisotopic (exact) mass is 439 g/mol. The third-order valence-electron chi connectivity index (χ3n) is 4.11. The number of hydrogen-bond acceptors (Lipinski definition) is 8. The Labute approximate surface area is 171 Å². The molecule has 30 heavy (non-hydrogen) atoms. The highest BCUT2D eigenvalue weighted by Crippen LogP contribution is 2.36. The van der Waals surface area contributed by atoms with Crippen LogP contribution in [0.2, 0.25) is 5.02 Å². The lowest BCUT2D eigenvalue weighted by Crippen LogP contribution is -2.15. The Kier molecular flexibility index (Phi) is 4.94. The minimum absolute atomic E-state index is 0.0236. The molecule has 9 nitrogen and oxygen atoms in total. The summed E-state index contributed by atoms with van der Waals surface area (Å²) < 4.78 is 50.9. The van der Waals surface area contributed by atoms with E-state index in [-0.39, 0.29) is 28.1 Å². The highest BCUT2D eigenvalue weighted by atomic mass is 35.5. The number of ether oxygens (including phenoxy) is 1. The van der Waals surface area contributed by atoms with E-state index in [1.165, 1.54) is 30.5 Å². The number of halogens is 4. The summed E-state index contributed by atoms with van der Waals surface area (Å²) in [5.41, 5.74) is -0.895. The summed E-state index contributed by atoms with van der Waals surface area (Å²) in [7, 11) is 1.50. The number of alkyl halides is 3. The topological polar surface area (TPSA) is 104 Å². The standard InChI is InChI=1S/C17H13ClF3N7O2/c1-8(14-24-7-25-28(14)15-22-5-10(29-2)6-23-15)26-16-27-12-4-9(17(19,20)21)3-11(18)13(12)30-16/h3-8H,1-2H3,(H,26,27)/t8-/m0/s1. The molecular formula is C17H13ClF3N7O2. The molecular weight excluding hydrogens is 427 g/mol. The van der Waals surface area contributed by atoms with E-state index in [4.69, 9.17) is 20.8 Å². The number of nitrogens with zero attached hydrogens (tertiary/aromatic N) is 6. The fourth-order valence-corrected chi connectivity index (χ4v) is 2.94. The molecule has 0 saturated carbocycles. The maximum atomic E-state index is 13.0. The molecule has 13 heteroatoms. The Morgan fingerprint density at radius 3 is 2.60 bits per heavy atom. The van der Waals surface area contributed by atoms with Crippen molar-refractivity contribution in [2.45, 2.75) is 19.1 Å². The number of fused-ring (bicyclic) bond motifs is 1. The summed E-state index contributed by atoms with van der Waals surface area (Å²) in [5.74, 6) is 1.16. The van der Waals surface area contributed by atoms with E-state index in [9.17, 15) is 13.2 Å². The number of aromatic nitrogens is 6. The van der Waals surface area contributed by atoms with Gasteiger partial charge in [-0.25, -0.2) is 15.0 Å². The van der Waals surface area contributed by atoms with Crippen molar-refractivity contribution in [1.82, 2.24) is 29.7 Å². The van der Waals surface area contributed by atoms with Crippen molar-refractivity contribution in [1.29, 1.82) is 0 Å². The van der Waals surface area contributed by atoms with Crippen LogP contribution in [0.25, 0.3) is 17.0 Å². The van der Waals surface area contributed by atoms with Gasteiger partial charge in [0.05, 0.1) is 36.1 Å². The first kappa shape index (κ1) is 19.9. The SMILES string of the molecule is COc1cnc(-n2ncnc2[C@H](C)Nc2nc3cc(C(F)(F)F)cc(Cl)c3o2)nc1. The van der Waals surface area contributed by atoms with Gasteiger partial charge < -0.3 is 14.5 Å². The smallest absolute Gasteiger partial charge is 0.416 e. The first-order chi connectivity index (χ1) is 14.3. The Hall–Kier alpha value is -3.41. The summed E-state index contributed by atoms with van der Waals surface area (Å²) in [4.78, 5) is 16.5. The lowest BCUT2D eigenvalue weighted by Gasteiger charge is -2.12. The molecule has 4 aromatic rings. The van der Waals surface area contributed by atoms with E-state index >= 15 is 0 Å². The average Bonchev–Trinajstić information content (AvgIpc) is 3.34. The molecule has 3 aromatic heterocycles. The molecule has 0 aliphatic rings. The van der Waals surface area contributed by atoms with Gasteiger partial charge in [-0.15, -0.1) is 0 Å². The Morgan fingerprint density at radius 2 is 1.93 bits per heavy atom. The van der Waals surface area contributed by atoms with Crippen LogP contribution in [0, 0.1) is 0 Å². The number of oxazole rings is 1. The van der Waals surface area contributed by atoms with Crippen molar-refractivity contribution in [3.63, 3.8) is 0 Å². The van der Waals surface area contributed by atoms with Gasteiger partial charge in [-0.1, -0.05) is 11.6 Å². The zero-order valence-electron chi connectivity index (χ0n) is 15.5. The fourth-order valence-electron chi connectivity index (χ4n) is 2.69. The second-order valence-corrected chi connectivity index (χ2v) is 6.55. The molecule has 0 bridgehead atoms. The number of benzene rings is 1. The lowest BCUT2D eigenvalue weighted by molar-refractivity contribution is -0.137. The molecule has 1 aromatic carbocycles. The van der Waals surface area contributed by atoms with Gasteiger partial charge in [0.2, 0.25) is 0 Å². The van der Waals surface area contributed by atoms with Crippen molar-refractivity contribution in [2.24, 2.45) is 0 Å². The number of nitrogens with one attached hydrogen (secondary N) is 1. The zero-order valence-corrected chi connectivity index (χ0v) is 16.2. The molecule has 1 atom stereocenters. The van der Waals surface area contributed by atoms with Crippen molar-refractivity contribution < 1.29 is 22.3 Å². The third-order valence-corrected chi connectivity index (χ3v) is 4.39. The van der Waals surface area contributed by atoms with Crippen LogP contribution in [0.3, 0.4) is 0 Å². The van der Waals surface area contributed by atoms with Gasteiger partial charge in [0, 0.05) is 0 Å². The maximum Gasteiger partial charge on any atom is 0.416 e. The van der Waals surface area contributed by atoms with Gasteiger partial charge in [0.25, 0.3) is 12.0 Å². The van der Waals surface area contributed by atoms with Crippen molar-refractivity contribution >= 4 is 28.7 Å². The number of methoxy groups -OCH3 is 1. The second-order valence-electron chi connectivity index (χ2n) is 6.14. The largest absolute Gasteiger partial charge is 0.494 e. The van der Waals surface area contributed by atoms with Crippen LogP contribution in [-0.2, 0) is 6.18 Å². The molecule has 0 unspecified atom stereocenters. The number of rotatable bonds is 5. The minimum atomic E-state index is -4.55. The summed E-state index contributed by atoms with van der Waals surface area (Å²) in [6.45, 7) is 1.74. The molecule has 0 radical (unpaired) electrons. The van der Waals surface area contributed by atoms with Crippen LogP contribution in [0.1, 0.15) is 24.4 Å². The quantitative estimate of drug-likeness (QED) is 0.496. The van der Waals surface area contributed by atoms with Crippen LogP contribution >= 0.6 is 11.6 Å². The molecule has 1 N–H and O–H groups in total. The molecule has 156 valence electrons. The van der Waals surface area contributed by atoms with Crippen LogP contribution in [0.15, 0.2) is 35.3 Å². The van der Waals surface area contributed by atoms with E-state index in [0.29, 0.717) is 11.6 Å². The predicted octanol–water partition coefficient (Wildman–Crippen LogP) is 4.05. The van der Waals surface area contributed by atoms with Crippen molar-refractivity contribution in [2.75, 3.05) is 12.4 Å². The van der Waals surface area contributed by atoms with Gasteiger partial charge in [-0.05, 0) is 19.1 Å². The predicted molar refractivity (Wildman–Crippen MR) is 99.6 cm³/mol. The Morgan fingerprint density at radius 1 is 1.20 bits per heavy atom. The van der Waals surface area contributed by atoms with E-state index in [2.05, 4.69) is 30.4 Å². The number of anilines is 1. The Balaban J connectivity index is 1.62. The first-order valence-corrected chi connectivity index (χ1v) is 8.84. The average molecular weight is 440 g/mol. The summed E-state index contributed by atoms with van der Waals surface area (Å²) >= 11 is 5.93. The molecule has 3 heterocycles. The van der Waals surface area contributed by atoms with E-state index in [1.54, 1.807) is 6.92 Å². The van der Waals surface area contributed by atoms with E-state index < -0.39 is 17.8 Å². The van der Waals surface area contributed by atoms with Crippen molar-refractivity contribution in [3.05, 3.63) is 47.3 Å². The van der Waals surface area contributed by atoms with Gasteiger partial charge in [-0.3, -0.25) is 0 Å². The maximum absolute atomic E-state index is 13.0. The van der Waals surface area contributed by atoms with Crippen LogP contribution in [0.4, 0.5) is 19.2 Å². The minimum Gasteiger partial charge on any atom is -0.494 e. The zero-order chi connectivity index (χ0) is 21.5. The molecule has 0 aliphatic heterocycles. The second kappa shape index (κ2) is 7.44. The summed E-state index contributed by atoms with van der Waals surface area (Å²) in [5, 5.41) is 6.84. The molecule has 0 aliphatic carbocycles. The highest BCUT2D eigenvalue weighted by Gasteiger charge is 2.32. The summed E-state index contributed by atoms with van der Waals surface area (Å²) in [6.07, 6.45) is -0.272. The van der Waals surface area contributed by atoms with E-state index in [0.717, 1.165) is 12.1 Å². The molecule has 0 spiro atoms. The van der Waals surface area contributed by atoms with Crippen molar-refractivity contribution in [3.8, 4) is 11.7 Å². The normalized spacial score (nSPS) is 12.9. The fraction of sp³-hybridized carbons (Fsp3) is 0.235. The third kappa shape index (κ3) is 3.73. The highest BCUT2D eigenvalue weighted by molar-refractivity contribution is 6.34. The lowest BCUT2D eigenvalue weighted by atomic mass is 10.2. The first-order valence-electron chi connectivity index (χ1n) is 8.46. The Bertz CT molecular complexity index is 1190. The number of hydrogen-bond donors (Lipinski definition) is 1.